The quantitative estimate of drug-likeness (QED) is 0.854. The van der Waals surface area contributed by atoms with Gasteiger partial charge >= 0.3 is 5.97 Å². The maximum absolute atomic E-state index is 10.3. The summed E-state index contributed by atoms with van der Waals surface area (Å²) in [4.78, 5) is 11.2. The van der Waals surface area contributed by atoms with Gasteiger partial charge in [0.25, 0.3) is 0 Å². The van der Waals surface area contributed by atoms with E-state index < -0.39 is 5.97 Å². The molecule has 0 aliphatic rings. The zero-order valence-corrected chi connectivity index (χ0v) is 8.33. The monoisotopic (exact) mass is 234 g/mol. The zero-order chi connectivity index (χ0) is 8.43. The van der Waals surface area contributed by atoms with Crippen LogP contribution in [0.1, 0.15) is 10.4 Å². The Morgan fingerprint density at radius 3 is 2.82 bits per heavy atom. The van der Waals surface area contributed by atoms with Crippen LogP contribution in [0.15, 0.2) is 9.85 Å². The molecular weight excluding hydrogens is 228 g/mol. The first-order valence-electron chi connectivity index (χ1n) is 3.05. The molecule has 0 fully saturated rings. The van der Waals surface area contributed by atoms with E-state index in [9.17, 15) is 4.79 Å². The summed E-state index contributed by atoms with van der Waals surface area (Å²) in [7, 11) is 0. The molecular formula is C7H7BrO2S. The molecule has 2 nitrogen and oxygen atoms in total. The highest BCUT2D eigenvalue weighted by Crippen LogP contribution is 2.27. The van der Waals surface area contributed by atoms with E-state index in [-0.39, 0.29) is 6.42 Å². The number of halogens is 1. The van der Waals surface area contributed by atoms with Gasteiger partial charge in [-0.15, -0.1) is 11.3 Å². The van der Waals surface area contributed by atoms with E-state index in [1.165, 1.54) is 11.3 Å². The molecule has 0 bridgehead atoms. The number of aryl methyl sites for hydroxylation is 1. The molecule has 0 atom stereocenters. The van der Waals surface area contributed by atoms with Gasteiger partial charge in [0, 0.05) is 9.35 Å². The Labute approximate surface area is 77.0 Å². The van der Waals surface area contributed by atoms with Crippen molar-refractivity contribution < 1.29 is 9.90 Å². The Balaban J connectivity index is 2.87. The summed E-state index contributed by atoms with van der Waals surface area (Å²) in [5.74, 6) is -0.785. The first-order valence-corrected chi connectivity index (χ1v) is 4.72. The Hall–Kier alpha value is -0.350. The SMILES string of the molecule is Cc1csc(CC(=O)O)c1Br. The molecule has 0 aliphatic carbocycles. The molecule has 4 heteroatoms. The molecule has 0 radical (unpaired) electrons. The van der Waals surface area contributed by atoms with Crippen LogP contribution in [0.5, 0.6) is 0 Å². The topological polar surface area (TPSA) is 37.3 Å². The first-order chi connectivity index (χ1) is 5.11. The van der Waals surface area contributed by atoms with Crippen LogP contribution in [0.3, 0.4) is 0 Å². The Kier molecular flexibility index (Phi) is 2.67. The fourth-order valence-corrected chi connectivity index (χ4v) is 2.33. The second-order valence-electron chi connectivity index (χ2n) is 2.23. The van der Waals surface area contributed by atoms with Gasteiger partial charge in [0.2, 0.25) is 0 Å². The van der Waals surface area contributed by atoms with Gasteiger partial charge in [-0.2, -0.15) is 0 Å². The molecule has 1 aromatic heterocycles. The fourth-order valence-electron chi connectivity index (χ4n) is 0.740. The maximum Gasteiger partial charge on any atom is 0.308 e. The first kappa shape index (κ1) is 8.74. The number of carbonyl (C=O) groups is 1. The number of aliphatic carboxylic acids is 1. The number of hydrogen-bond acceptors (Lipinski definition) is 2. The standard InChI is InChI=1S/C7H7BrO2S/c1-4-3-11-5(7(4)8)2-6(9)10/h3H,2H2,1H3,(H,9,10). The number of carboxylic acid groups (broad SMARTS) is 1. The van der Waals surface area contributed by atoms with Crippen molar-refractivity contribution >= 4 is 33.2 Å². The van der Waals surface area contributed by atoms with Gasteiger partial charge in [-0.3, -0.25) is 4.79 Å². The van der Waals surface area contributed by atoms with Crippen molar-refractivity contribution in [2.75, 3.05) is 0 Å². The average Bonchev–Trinajstić information content (AvgIpc) is 2.18. The van der Waals surface area contributed by atoms with Crippen LogP contribution in [-0.2, 0) is 11.2 Å². The van der Waals surface area contributed by atoms with E-state index in [0.29, 0.717) is 0 Å². The van der Waals surface area contributed by atoms with Crippen LogP contribution in [0.2, 0.25) is 0 Å². The maximum atomic E-state index is 10.3. The van der Waals surface area contributed by atoms with Crippen molar-refractivity contribution in [1.29, 1.82) is 0 Å². The lowest BCUT2D eigenvalue weighted by Crippen LogP contribution is -1.98. The highest BCUT2D eigenvalue weighted by Gasteiger charge is 2.08. The average molecular weight is 235 g/mol. The number of thiophene rings is 1. The highest BCUT2D eigenvalue weighted by atomic mass is 79.9. The van der Waals surface area contributed by atoms with Crippen LogP contribution < -0.4 is 0 Å². The third kappa shape index (κ3) is 2.04. The second kappa shape index (κ2) is 3.36. The van der Waals surface area contributed by atoms with Crippen molar-refractivity contribution in [3.05, 3.63) is 20.3 Å². The Morgan fingerprint density at radius 2 is 2.45 bits per heavy atom. The largest absolute Gasteiger partial charge is 0.481 e. The minimum Gasteiger partial charge on any atom is -0.481 e. The van der Waals surface area contributed by atoms with Gasteiger partial charge < -0.3 is 5.11 Å². The third-order valence-electron chi connectivity index (χ3n) is 1.28. The van der Waals surface area contributed by atoms with Crippen LogP contribution in [0.4, 0.5) is 0 Å². The van der Waals surface area contributed by atoms with Crippen molar-refractivity contribution in [3.8, 4) is 0 Å². The van der Waals surface area contributed by atoms with Gasteiger partial charge in [0.05, 0.1) is 6.42 Å². The molecule has 1 rings (SSSR count). The Morgan fingerprint density at radius 1 is 1.82 bits per heavy atom. The van der Waals surface area contributed by atoms with Crippen molar-refractivity contribution in [1.82, 2.24) is 0 Å². The van der Waals surface area contributed by atoms with E-state index in [1.54, 1.807) is 0 Å². The van der Waals surface area contributed by atoms with Crippen molar-refractivity contribution in [3.63, 3.8) is 0 Å². The molecule has 0 aromatic carbocycles. The van der Waals surface area contributed by atoms with E-state index in [2.05, 4.69) is 15.9 Å². The van der Waals surface area contributed by atoms with Crippen LogP contribution in [0, 0.1) is 6.92 Å². The van der Waals surface area contributed by atoms with Crippen LogP contribution >= 0.6 is 27.3 Å². The predicted octanol–water partition coefficient (Wildman–Crippen LogP) is 2.45. The smallest absolute Gasteiger partial charge is 0.308 e. The molecule has 0 amide bonds. The number of carboxylic acids is 1. The lowest BCUT2D eigenvalue weighted by atomic mass is 10.3. The van der Waals surface area contributed by atoms with Crippen molar-refractivity contribution in [2.45, 2.75) is 13.3 Å². The summed E-state index contributed by atoms with van der Waals surface area (Å²) in [6.07, 6.45) is 0.110. The summed E-state index contributed by atoms with van der Waals surface area (Å²) in [6, 6.07) is 0. The summed E-state index contributed by atoms with van der Waals surface area (Å²) < 4.78 is 0.935. The highest BCUT2D eigenvalue weighted by molar-refractivity contribution is 9.10. The van der Waals surface area contributed by atoms with Crippen LogP contribution in [0.25, 0.3) is 0 Å². The molecule has 1 heterocycles. The molecule has 0 spiro atoms. The van der Waals surface area contributed by atoms with E-state index in [0.717, 1.165) is 14.9 Å². The van der Waals surface area contributed by atoms with Crippen LogP contribution in [-0.4, -0.2) is 11.1 Å². The molecule has 1 N–H and O–H groups in total. The second-order valence-corrected chi connectivity index (χ2v) is 3.98. The van der Waals surface area contributed by atoms with E-state index in [1.807, 2.05) is 12.3 Å². The fraction of sp³-hybridized carbons (Fsp3) is 0.286. The lowest BCUT2D eigenvalue weighted by Gasteiger charge is -1.92. The molecule has 0 unspecified atom stereocenters. The summed E-state index contributed by atoms with van der Waals surface area (Å²) in [5.41, 5.74) is 1.10. The molecule has 11 heavy (non-hydrogen) atoms. The van der Waals surface area contributed by atoms with E-state index in [4.69, 9.17) is 5.11 Å². The van der Waals surface area contributed by atoms with Gasteiger partial charge in [0.1, 0.15) is 0 Å². The Bertz CT molecular complexity index is 280. The predicted molar refractivity (Wildman–Crippen MR) is 48.1 cm³/mol. The molecule has 0 saturated heterocycles. The minimum atomic E-state index is -0.785. The summed E-state index contributed by atoms with van der Waals surface area (Å²) in [5, 5.41) is 10.4. The molecule has 60 valence electrons. The normalized spacial score (nSPS) is 10.0. The van der Waals surface area contributed by atoms with Gasteiger partial charge in [-0.1, -0.05) is 0 Å². The van der Waals surface area contributed by atoms with E-state index >= 15 is 0 Å². The van der Waals surface area contributed by atoms with Gasteiger partial charge in [-0.25, -0.2) is 0 Å². The summed E-state index contributed by atoms with van der Waals surface area (Å²) in [6.45, 7) is 1.95. The van der Waals surface area contributed by atoms with Crippen molar-refractivity contribution in [2.24, 2.45) is 0 Å². The molecule has 0 saturated carbocycles. The lowest BCUT2D eigenvalue weighted by molar-refractivity contribution is -0.136. The third-order valence-corrected chi connectivity index (χ3v) is 3.75. The molecule has 0 aliphatic heterocycles. The number of rotatable bonds is 2. The van der Waals surface area contributed by atoms with Gasteiger partial charge in [0.15, 0.2) is 0 Å². The summed E-state index contributed by atoms with van der Waals surface area (Å²) >= 11 is 4.80. The zero-order valence-electron chi connectivity index (χ0n) is 5.93. The number of hydrogen-bond donors (Lipinski definition) is 1. The molecule has 1 aromatic rings. The minimum absolute atomic E-state index is 0.110. The van der Waals surface area contributed by atoms with Gasteiger partial charge in [-0.05, 0) is 33.8 Å².